The van der Waals surface area contributed by atoms with Gasteiger partial charge >= 0.3 is 0 Å². The molecule has 2 N–H and O–H groups in total. The molecule has 0 bridgehead atoms. The maximum atomic E-state index is 5.86. The molecule has 0 aromatic rings. The standard InChI is InChI=1S/C12H24N2O/c1-10-4-5-12(15-10)9-14-6-2-3-11(7-13)8-14/h10-12H,2-9,13H2,1H3. The molecule has 2 fully saturated rings. The van der Waals surface area contributed by atoms with Crippen molar-refractivity contribution >= 4 is 0 Å². The van der Waals surface area contributed by atoms with Gasteiger partial charge in [-0.25, -0.2) is 0 Å². The molecule has 0 aliphatic carbocycles. The van der Waals surface area contributed by atoms with Crippen LogP contribution in [0.2, 0.25) is 0 Å². The van der Waals surface area contributed by atoms with Crippen molar-refractivity contribution in [2.75, 3.05) is 26.2 Å². The van der Waals surface area contributed by atoms with E-state index in [1.54, 1.807) is 0 Å². The van der Waals surface area contributed by atoms with Crippen molar-refractivity contribution in [3.05, 3.63) is 0 Å². The zero-order valence-corrected chi connectivity index (χ0v) is 9.82. The summed E-state index contributed by atoms with van der Waals surface area (Å²) in [5.74, 6) is 0.720. The Morgan fingerprint density at radius 2 is 2.20 bits per heavy atom. The minimum atomic E-state index is 0.477. The fourth-order valence-corrected chi connectivity index (χ4v) is 2.82. The third-order valence-corrected chi connectivity index (χ3v) is 3.72. The molecule has 0 amide bonds. The highest BCUT2D eigenvalue weighted by Gasteiger charge is 2.26. The smallest absolute Gasteiger partial charge is 0.0706 e. The van der Waals surface area contributed by atoms with Crippen molar-refractivity contribution in [1.29, 1.82) is 0 Å². The quantitative estimate of drug-likeness (QED) is 0.764. The topological polar surface area (TPSA) is 38.5 Å². The maximum Gasteiger partial charge on any atom is 0.0706 e. The normalized spacial score (nSPS) is 38.4. The first-order valence-corrected chi connectivity index (χ1v) is 6.36. The number of piperidine rings is 1. The van der Waals surface area contributed by atoms with Crippen LogP contribution in [0.1, 0.15) is 32.6 Å². The van der Waals surface area contributed by atoms with Crippen molar-refractivity contribution in [1.82, 2.24) is 4.90 Å². The van der Waals surface area contributed by atoms with Crippen LogP contribution in [0.15, 0.2) is 0 Å². The molecule has 0 aromatic heterocycles. The summed E-state index contributed by atoms with van der Waals surface area (Å²) in [7, 11) is 0. The van der Waals surface area contributed by atoms with Crippen molar-refractivity contribution in [2.24, 2.45) is 11.7 Å². The van der Waals surface area contributed by atoms with E-state index in [1.165, 1.54) is 38.8 Å². The molecule has 0 spiro atoms. The highest BCUT2D eigenvalue weighted by Crippen LogP contribution is 2.22. The van der Waals surface area contributed by atoms with Gasteiger partial charge in [0.2, 0.25) is 0 Å². The number of ether oxygens (including phenoxy) is 1. The first-order chi connectivity index (χ1) is 7.28. The lowest BCUT2D eigenvalue weighted by molar-refractivity contribution is 0.0224. The van der Waals surface area contributed by atoms with Crippen LogP contribution in [0.3, 0.4) is 0 Å². The lowest BCUT2D eigenvalue weighted by atomic mass is 9.98. The second-order valence-electron chi connectivity index (χ2n) is 5.15. The molecule has 88 valence electrons. The molecule has 3 nitrogen and oxygen atoms in total. The molecule has 2 heterocycles. The number of nitrogens with two attached hydrogens (primary N) is 1. The Morgan fingerprint density at radius 3 is 2.87 bits per heavy atom. The molecule has 3 unspecified atom stereocenters. The third kappa shape index (κ3) is 3.16. The summed E-state index contributed by atoms with van der Waals surface area (Å²) >= 11 is 0. The van der Waals surface area contributed by atoms with E-state index in [9.17, 15) is 0 Å². The highest BCUT2D eigenvalue weighted by molar-refractivity contribution is 4.79. The van der Waals surface area contributed by atoms with Crippen LogP contribution < -0.4 is 5.73 Å². The number of likely N-dealkylation sites (tertiary alicyclic amines) is 1. The Kier molecular flexibility index (Phi) is 4.00. The molecule has 2 saturated heterocycles. The minimum absolute atomic E-state index is 0.477. The van der Waals surface area contributed by atoms with E-state index in [2.05, 4.69) is 11.8 Å². The van der Waals surface area contributed by atoms with Crippen molar-refractivity contribution in [3.8, 4) is 0 Å². The fraction of sp³-hybridized carbons (Fsp3) is 1.00. The van der Waals surface area contributed by atoms with Crippen LogP contribution in [-0.4, -0.2) is 43.3 Å². The second kappa shape index (κ2) is 5.28. The van der Waals surface area contributed by atoms with E-state index < -0.39 is 0 Å². The van der Waals surface area contributed by atoms with Gasteiger partial charge in [0.1, 0.15) is 0 Å². The fourth-order valence-electron chi connectivity index (χ4n) is 2.82. The predicted molar refractivity (Wildman–Crippen MR) is 61.8 cm³/mol. The largest absolute Gasteiger partial charge is 0.374 e. The number of rotatable bonds is 3. The number of hydrogen-bond donors (Lipinski definition) is 1. The van der Waals surface area contributed by atoms with E-state index in [-0.39, 0.29) is 0 Å². The van der Waals surface area contributed by atoms with Gasteiger partial charge in [0.25, 0.3) is 0 Å². The summed E-state index contributed by atoms with van der Waals surface area (Å²) < 4.78 is 5.86. The first-order valence-electron chi connectivity index (χ1n) is 6.36. The molecule has 3 atom stereocenters. The lowest BCUT2D eigenvalue weighted by Gasteiger charge is -2.33. The summed E-state index contributed by atoms with van der Waals surface area (Å²) in [6.45, 7) is 6.58. The van der Waals surface area contributed by atoms with Gasteiger partial charge in [0, 0.05) is 13.1 Å². The Balaban J connectivity index is 1.74. The van der Waals surface area contributed by atoms with Gasteiger partial charge in [-0.15, -0.1) is 0 Å². The SMILES string of the molecule is CC1CCC(CN2CCCC(CN)C2)O1. The van der Waals surface area contributed by atoms with Gasteiger partial charge in [0.15, 0.2) is 0 Å². The summed E-state index contributed by atoms with van der Waals surface area (Å²) in [6.07, 6.45) is 6.06. The molecular weight excluding hydrogens is 188 g/mol. The monoisotopic (exact) mass is 212 g/mol. The third-order valence-electron chi connectivity index (χ3n) is 3.72. The van der Waals surface area contributed by atoms with Crippen molar-refractivity contribution in [2.45, 2.75) is 44.8 Å². The molecule has 0 saturated carbocycles. The Morgan fingerprint density at radius 1 is 1.33 bits per heavy atom. The summed E-state index contributed by atoms with van der Waals surface area (Å²) in [6, 6.07) is 0. The molecule has 0 radical (unpaired) electrons. The van der Waals surface area contributed by atoms with Gasteiger partial charge < -0.3 is 15.4 Å². The van der Waals surface area contributed by atoms with Crippen LogP contribution in [0.5, 0.6) is 0 Å². The van der Waals surface area contributed by atoms with Gasteiger partial charge in [-0.1, -0.05) is 0 Å². The first kappa shape index (κ1) is 11.4. The van der Waals surface area contributed by atoms with E-state index in [4.69, 9.17) is 10.5 Å². The number of hydrogen-bond acceptors (Lipinski definition) is 3. The van der Waals surface area contributed by atoms with Gasteiger partial charge in [-0.05, 0) is 51.6 Å². The summed E-state index contributed by atoms with van der Waals surface area (Å²) in [5.41, 5.74) is 5.74. The zero-order chi connectivity index (χ0) is 10.7. The molecular formula is C12H24N2O. The molecule has 15 heavy (non-hydrogen) atoms. The van der Waals surface area contributed by atoms with Gasteiger partial charge in [-0.2, -0.15) is 0 Å². The molecule has 2 aliphatic rings. The van der Waals surface area contributed by atoms with Crippen LogP contribution in [-0.2, 0) is 4.74 Å². The highest BCUT2D eigenvalue weighted by atomic mass is 16.5. The predicted octanol–water partition coefficient (Wildman–Crippen LogP) is 1.22. The molecule has 2 rings (SSSR count). The Labute approximate surface area is 93.0 Å². The average Bonchev–Trinajstić information content (AvgIpc) is 2.64. The van der Waals surface area contributed by atoms with Crippen LogP contribution in [0.25, 0.3) is 0 Å². The molecule has 0 aromatic carbocycles. The van der Waals surface area contributed by atoms with Gasteiger partial charge in [0.05, 0.1) is 12.2 Å². The van der Waals surface area contributed by atoms with Crippen LogP contribution >= 0.6 is 0 Å². The molecule has 3 heteroatoms. The summed E-state index contributed by atoms with van der Waals surface area (Å²) in [5, 5.41) is 0. The van der Waals surface area contributed by atoms with Crippen molar-refractivity contribution < 1.29 is 4.74 Å². The lowest BCUT2D eigenvalue weighted by Crippen LogP contribution is -2.42. The van der Waals surface area contributed by atoms with Gasteiger partial charge in [-0.3, -0.25) is 0 Å². The number of nitrogens with zero attached hydrogens (tertiary/aromatic N) is 1. The Bertz CT molecular complexity index is 198. The minimum Gasteiger partial charge on any atom is -0.374 e. The maximum absolute atomic E-state index is 5.86. The van der Waals surface area contributed by atoms with Crippen LogP contribution in [0.4, 0.5) is 0 Å². The van der Waals surface area contributed by atoms with E-state index in [0.717, 1.165) is 19.0 Å². The van der Waals surface area contributed by atoms with Crippen LogP contribution in [0, 0.1) is 5.92 Å². The Hall–Kier alpha value is -0.120. The zero-order valence-electron chi connectivity index (χ0n) is 9.82. The summed E-state index contributed by atoms with van der Waals surface area (Å²) in [4.78, 5) is 2.55. The second-order valence-corrected chi connectivity index (χ2v) is 5.15. The average molecular weight is 212 g/mol. The van der Waals surface area contributed by atoms with E-state index in [0.29, 0.717) is 12.2 Å². The van der Waals surface area contributed by atoms with E-state index in [1.807, 2.05) is 0 Å². The van der Waals surface area contributed by atoms with Crippen molar-refractivity contribution in [3.63, 3.8) is 0 Å². The molecule has 2 aliphatic heterocycles. The van der Waals surface area contributed by atoms with E-state index >= 15 is 0 Å².